The number of benzene rings is 1. The first-order valence-electron chi connectivity index (χ1n) is 10.6. The zero-order chi connectivity index (χ0) is 21.4. The fourth-order valence-electron chi connectivity index (χ4n) is 4.68. The Morgan fingerprint density at radius 3 is 2.68 bits per heavy atom. The predicted octanol–water partition coefficient (Wildman–Crippen LogP) is 4.22. The summed E-state index contributed by atoms with van der Waals surface area (Å²) in [4.78, 5) is 16.1. The van der Waals surface area contributed by atoms with Gasteiger partial charge in [-0.2, -0.15) is 0 Å². The summed E-state index contributed by atoms with van der Waals surface area (Å²) in [7, 11) is 0. The topological polar surface area (TPSA) is 90.1 Å². The number of carboxylic acids is 1. The normalized spacial score (nSPS) is 22.8. The van der Waals surface area contributed by atoms with Gasteiger partial charge in [0.1, 0.15) is 17.8 Å². The van der Waals surface area contributed by atoms with E-state index in [1.807, 2.05) is 36.4 Å². The number of carbonyl (C=O) groups is 1. The van der Waals surface area contributed by atoms with Crippen molar-refractivity contribution in [2.45, 2.75) is 50.5 Å². The van der Waals surface area contributed by atoms with Crippen molar-refractivity contribution in [1.82, 2.24) is 19.7 Å². The molecule has 0 saturated heterocycles. The molecule has 3 heterocycles. The first-order valence-corrected chi connectivity index (χ1v) is 11.0. The van der Waals surface area contributed by atoms with E-state index in [0.717, 1.165) is 42.8 Å². The van der Waals surface area contributed by atoms with Gasteiger partial charge in [-0.25, -0.2) is 4.98 Å². The van der Waals surface area contributed by atoms with Gasteiger partial charge < -0.3 is 9.84 Å². The number of aromatic nitrogens is 4. The van der Waals surface area contributed by atoms with Crippen molar-refractivity contribution in [3.8, 4) is 11.6 Å². The highest BCUT2D eigenvalue weighted by Crippen LogP contribution is 2.37. The third kappa shape index (κ3) is 4.02. The van der Waals surface area contributed by atoms with Gasteiger partial charge in [0.25, 0.3) is 0 Å². The van der Waals surface area contributed by atoms with Crippen LogP contribution in [0.2, 0.25) is 5.02 Å². The molecule has 31 heavy (non-hydrogen) atoms. The van der Waals surface area contributed by atoms with Crippen molar-refractivity contribution in [2.75, 3.05) is 0 Å². The molecular formula is C23H23ClN4O3. The summed E-state index contributed by atoms with van der Waals surface area (Å²) < 4.78 is 8.10. The Morgan fingerprint density at radius 2 is 1.94 bits per heavy atom. The lowest BCUT2D eigenvalue weighted by Crippen LogP contribution is -2.25. The number of aliphatic carboxylic acids is 1. The average molecular weight is 439 g/mol. The summed E-state index contributed by atoms with van der Waals surface area (Å²) in [5, 5.41) is 19.2. The van der Waals surface area contributed by atoms with Crippen LogP contribution < -0.4 is 4.74 Å². The second-order valence-electron chi connectivity index (χ2n) is 8.29. The van der Waals surface area contributed by atoms with E-state index in [2.05, 4.69) is 19.7 Å². The van der Waals surface area contributed by atoms with Gasteiger partial charge in [-0.1, -0.05) is 17.7 Å². The number of hydrogen-bond donors (Lipinski definition) is 1. The Bertz CT molecular complexity index is 1090. The maximum absolute atomic E-state index is 11.8. The number of ether oxygens (including phenoxy) is 1. The maximum Gasteiger partial charge on any atom is 0.307 e. The van der Waals surface area contributed by atoms with Gasteiger partial charge in [0.2, 0.25) is 5.88 Å². The molecule has 1 aliphatic carbocycles. The molecule has 0 bridgehead atoms. The molecular weight excluding hydrogens is 416 g/mol. The minimum atomic E-state index is -0.823. The van der Waals surface area contributed by atoms with E-state index in [0.29, 0.717) is 29.6 Å². The Kier molecular flexibility index (Phi) is 5.36. The Labute approximate surface area is 185 Å². The van der Waals surface area contributed by atoms with Crippen LogP contribution in [0.5, 0.6) is 5.88 Å². The van der Waals surface area contributed by atoms with Gasteiger partial charge in [-0.3, -0.25) is 9.36 Å². The third-order valence-corrected chi connectivity index (χ3v) is 6.48. The van der Waals surface area contributed by atoms with Gasteiger partial charge in [0.15, 0.2) is 0 Å². The lowest BCUT2D eigenvalue weighted by molar-refractivity contribution is -0.141. The number of halogens is 1. The van der Waals surface area contributed by atoms with Gasteiger partial charge in [-0.05, 0) is 61.9 Å². The van der Waals surface area contributed by atoms with Crippen LogP contribution in [-0.2, 0) is 17.6 Å². The van der Waals surface area contributed by atoms with Crippen LogP contribution in [0.25, 0.3) is 5.69 Å². The molecule has 7 nitrogen and oxygen atoms in total. The van der Waals surface area contributed by atoms with Crippen LogP contribution in [0.4, 0.5) is 0 Å². The molecule has 8 heteroatoms. The van der Waals surface area contributed by atoms with Crippen LogP contribution in [-0.4, -0.2) is 36.9 Å². The van der Waals surface area contributed by atoms with Crippen LogP contribution >= 0.6 is 11.6 Å². The lowest BCUT2D eigenvalue weighted by Gasteiger charge is -2.28. The highest BCUT2D eigenvalue weighted by molar-refractivity contribution is 6.30. The van der Waals surface area contributed by atoms with E-state index >= 15 is 0 Å². The van der Waals surface area contributed by atoms with Gasteiger partial charge >= 0.3 is 5.97 Å². The van der Waals surface area contributed by atoms with E-state index in [1.165, 1.54) is 0 Å². The molecule has 160 valence electrons. The van der Waals surface area contributed by atoms with Crippen LogP contribution in [0.3, 0.4) is 0 Å². The molecule has 2 aliphatic rings. The quantitative estimate of drug-likeness (QED) is 0.655. The second kappa shape index (κ2) is 8.30. The van der Waals surface area contributed by atoms with E-state index in [4.69, 9.17) is 16.3 Å². The minimum Gasteiger partial charge on any atom is -0.481 e. The molecule has 0 amide bonds. The summed E-state index contributed by atoms with van der Waals surface area (Å²) in [5.41, 5.74) is 1.86. The van der Waals surface area contributed by atoms with Crippen molar-refractivity contribution >= 4 is 17.6 Å². The number of pyridine rings is 1. The molecule has 0 radical (unpaired) electrons. The SMILES string of the molecule is O=C(O)C1Cc2cc(Cl)ccc2-n2c(nnc2C2CCC(Oc3ccccn3)CC2)C1. The second-order valence-corrected chi connectivity index (χ2v) is 8.72. The molecule has 1 atom stereocenters. The van der Waals surface area contributed by atoms with Gasteiger partial charge in [0, 0.05) is 29.6 Å². The molecule has 3 aromatic rings. The summed E-state index contributed by atoms with van der Waals surface area (Å²) >= 11 is 6.22. The highest BCUT2D eigenvalue weighted by Gasteiger charge is 2.33. The van der Waals surface area contributed by atoms with Crippen LogP contribution in [0, 0.1) is 5.92 Å². The molecule has 1 fully saturated rings. The van der Waals surface area contributed by atoms with Gasteiger partial charge in [-0.15, -0.1) is 10.2 Å². The largest absolute Gasteiger partial charge is 0.481 e. The molecule has 1 aromatic carbocycles. The fraction of sp³-hybridized carbons (Fsp3) is 0.391. The molecule has 1 saturated carbocycles. The Hall–Kier alpha value is -2.93. The third-order valence-electron chi connectivity index (χ3n) is 6.25. The summed E-state index contributed by atoms with van der Waals surface area (Å²) in [6, 6.07) is 11.3. The molecule has 5 rings (SSSR count). The number of hydrogen-bond acceptors (Lipinski definition) is 5. The van der Waals surface area contributed by atoms with E-state index in [9.17, 15) is 9.90 Å². The fourth-order valence-corrected chi connectivity index (χ4v) is 4.88. The predicted molar refractivity (Wildman–Crippen MR) is 115 cm³/mol. The Balaban J connectivity index is 1.41. The van der Waals surface area contributed by atoms with E-state index < -0.39 is 11.9 Å². The van der Waals surface area contributed by atoms with Crippen molar-refractivity contribution in [1.29, 1.82) is 0 Å². The van der Waals surface area contributed by atoms with Crippen molar-refractivity contribution < 1.29 is 14.6 Å². The molecule has 1 unspecified atom stereocenters. The minimum absolute atomic E-state index is 0.139. The summed E-state index contributed by atoms with van der Waals surface area (Å²) in [6.07, 6.45) is 6.34. The molecule has 1 aliphatic heterocycles. The van der Waals surface area contributed by atoms with Crippen LogP contribution in [0.1, 0.15) is 48.8 Å². The monoisotopic (exact) mass is 438 g/mol. The Morgan fingerprint density at radius 1 is 1.10 bits per heavy atom. The number of nitrogens with zero attached hydrogens (tertiary/aromatic N) is 4. The summed E-state index contributed by atoms with van der Waals surface area (Å²) in [6.45, 7) is 0. The zero-order valence-electron chi connectivity index (χ0n) is 16.9. The lowest BCUT2D eigenvalue weighted by atomic mass is 9.86. The average Bonchev–Trinajstić information content (AvgIpc) is 3.10. The maximum atomic E-state index is 11.8. The van der Waals surface area contributed by atoms with Crippen molar-refractivity contribution in [3.63, 3.8) is 0 Å². The molecule has 2 aromatic heterocycles. The highest BCUT2D eigenvalue weighted by atomic mass is 35.5. The first-order chi connectivity index (χ1) is 15.1. The smallest absolute Gasteiger partial charge is 0.307 e. The van der Waals surface area contributed by atoms with Crippen molar-refractivity contribution in [2.24, 2.45) is 5.92 Å². The first kappa shape index (κ1) is 20.0. The van der Waals surface area contributed by atoms with Gasteiger partial charge in [0.05, 0.1) is 11.6 Å². The zero-order valence-corrected chi connectivity index (χ0v) is 17.7. The number of rotatable bonds is 4. The molecule has 0 spiro atoms. The number of carboxylic acid groups (broad SMARTS) is 1. The van der Waals surface area contributed by atoms with Crippen molar-refractivity contribution in [3.05, 3.63) is 64.8 Å². The van der Waals surface area contributed by atoms with E-state index in [1.54, 1.807) is 6.20 Å². The molecule has 1 N–H and O–H groups in total. The number of fused-ring (bicyclic) bond motifs is 3. The van der Waals surface area contributed by atoms with E-state index in [-0.39, 0.29) is 12.0 Å². The standard InChI is InChI=1S/C23H23ClN4O3/c24-17-6-9-19-15(12-17)11-16(23(29)30)13-20-26-27-22(28(19)20)14-4-7-18(8-5-14)31-21-3-1-2-10-25-21/h1-3,6,9-10,12,14,16,18H,4-5,7-8,11,13H2,(H,29,30). The van der Waals surface area contributed by atoms with Crippen LogP contribution in [0.15, 0.2) is 42.6 Å². The summed E-state index contributed by atoms with van der Waals surface area (Å²) in [5.74, 6) is 1.15.